The lowest BCUT2D eigenvalue weighted by Gasteiger charge is -2.06. The van der Waals surface area contributed by atoms with Gasteiger partial charge in [0, 0.05) is 17.7 Å². The van der Waals surface area contributed by atoms with Gasteiger partial charge in [0.05, 0.1) is 0 Å². The molecule has 14 heavy (non-hydrogen) atoms. The zero-order chi connectivity index (χ0) is 10.6. The van der Waals surface area contributed by atoms with Gasteiger partial charge in [-0.25, -0.2) is 4.98 Å². The molecule has 0 bridgehead atoms. The van der Waals surface area contributed by atoms with Gasteiger partial charge in [0.2, 0.25) is 5.91 Å². The monoisotopic (exact) mass is 192 g/mol. The Kier molecular flexibility index (Phi) is 3.34. The first kappa shape index (κ1) is 10.4. The summed E-state index contributed by atoms with van der Waals surface area (Å²) < 4.78 is 0. The van der Waals surface area contributed by atoms with E-state index in [1.807, 2.05) is 0 Å². The second-order valence-electron chi connectivity index (χ2n) is 3.24. The van der Waals surface area contributed by atoms with Crippen molar-refractivity contribution in [2.45, 2.75) is 13.8 Å². The molecule has 0 radical (unpaired) electrons. The number of nitrogens with one attached hydrogen (secondary N) is 1. The number of hydrogen-bond acceptors (Lipinski definition) is 3. The predicted octanol–water partition coefficient (Wildman–Crippen LogP) is 1.49. The highest BCUT2D eigenvalue weighted by Gasteiger charge is 2.07. The first-order valence-electron chi connectivity index (χ1n) is 4.35. The van der Waals surface area contributed by atoms with Crippen molar-refractivity contribution in [2.24, 2.45) is 5.92 Å². The number of aromatic nitrogens is 1. The number of hydrogen-bond donors (Lipinski definition) is 1. The van der Waals surface area contributed by atoms with E-state index < -0.39 is 0 Å². The molecule has 0 aliphatic rings. The van der Waals surface area contributed by atoms with Gasteiger partial charge in [0.1, 0.15) is 12.1 Å². The van der Waals surface area contributed by atoms with Crippen LogP contribution in [0.25, 0.3) is 0 Å². The Hall–Kier alpha value is -1.71. The van der Waals surface area contributed by atoms with Crippen LogP contribution in [0.1, 0.15) is 24.2 Å². The summed E-state index contributed by atoms with van der Waals surface area (Å²) >= 11 is 0. The van der Waals surface area contributed by atoms with Crippen molar-refractivity contribution >= 4 is 18.0 Å². The lowest BCUT2D eigenvalue weighted by atomic mass is 10.2. The number of nitrogens with zero attached hydrogens (tertiary/aromatic N) is 1. The minimum absolute atomic E-state index is 0.100. The summed E-state index contributed by atoms with van der Waals surface area (Å²) in [6, 6.07) is 3.12. The summed E-state index contributed by atoms with van der Waals surface area (Å²) in [6.45, 7) is 3.58. The average molecular weight is 192 g/mol. The van der Waals surface area contributed by atoms with Crippen LogP contribution in [-0.2, 0) is 4.79 Å². The van der Waals surface area contributed by atoms with Gasteiger partial charge < -0.3 is 5.32 Å². The average Bonchev–Trinajstić information content (AvgIpc) is 2.18. The van der Waals surface area contributed by atoms with Gasteiger partial charge in [0.15, 0.2) is 0 Å². The summed E-state index contributed by atoms with van der Waals surface area (Å²) in [6.07, 6.45) is 2.20. The lowest BCUT2D eigenvalue weighted by molar-refractivity contribution is -0.118. The van der Waals surface area contributed by atoms with Gasteiger partial charge in [-0.3, -0.25) is 9.59 Å². The summed E-state index contributed by atoms with van der Waals surface area (Å²) in [7, 11) is 0. The van der Waals surface area contributed by atoms with E-state index in [1.165, 1.54) is 12.3 Å². The van der Waals surface area contributed by atoms with Gasteiger partial charge in [-0.15, -0.1) is 0 Å². The summed E-state index contributed by atoms with van der Waals surface area (Å²) in [4.78, 5) is 25.6. The smallest absolute Gasteiger partial charge is 0.228 e. The van der Waals surface area contributed by atoms with Crippen LogP contribution in [0.15, 0.2) is 18.3 Å². The quantitative estimate of drug-likeness (QED) is 0.738. The van der Waals surface area contributed by atoms with Crippen molar-refractivity contribution in [3.8, 4) is 0 Å². The highest BCUT2D eigenvalue weighted by molar-refractivity contribution is 5.91. The van der Waals surface area contributed by atoms with Crippen molar-refractivity contribution in [3.63, 3.8) is 0 Å². The Morgan fingerprint density at radius 2 is 2.29 bits per heavy atom. The van der Waals surface area contributed by atoms with Crippen molar-refractivity contribution in [2.75, 3.05) is 5.32 Å². The van der Waals surface area contributed by atoms with Gasteiger partial charge in [-0.05, 0) is 12.1 Å². The Morgan fingerprint density at radius 1 is 1.57 bits per heavy atom. The van der Waals surface area contributed by atoms with Crippen LogP contribution in [0.5, 0.6) is 0 Å². The SMILES string of the molecule is CC(C)C(=O)Nc1cc(C=O)ccn1. The van der Waals surface area contributed by atoms with Crippen molar-refractivity contribution in [1.29, 1.82) is 0 Å². The maximum absolute atomic E-state index is 11.3. The molecule has 1 N–H and O–H groups in total. The molecule has 0 unspecified atom stereocenters. The van der Waals surface area contributed by atoms with E-state index in [-0.39, 0.29) is 11.8 Å². The Morgan fingerprint density at radius 3 is 2.86 bits per heavy atom. The Bertz CT molecular complexity index is 348. The molecule has 0 saturated carbocycles. The van der Waals surface area contributed by atoms with E-state index in [2.05, 4.69) is 10.3 Å². The molecule has 0 aliphatic heterocycles. The largest absolute Gasteiger partial charge is 0.310 e. The molecular weight excluding hydrogens is 180 g/mol. The zero-order valence-electron chi connectivity index (χ0n) is 8.15. The molecule has 4 nitrogen and oxygen atoms in total. The third-order valence-electron chi connectivity index (χ3n) is 1.70. The van der Waals surface area contributed by atoms with Crippen molar-refractivity contribution in [3.05, 3.63) is 23.9 Å². The number of anilines is 1. The third kappa shape index (κ3) is 2.65. The molecule has 0 spiro atoms. The molecule has 0 aliphatic carbocycles. The van der Waals surface area contributed by atoms with Gasteiger partial charge in [-0.2, -0.15) is 0 Å². The van der Waals surface area contributed by atoms with E-state index in [1.54, 1.807) is 19.9 Å². The van der Waals surface area contributed by atoms with Crippen LogP contribution in [0.4, 0.5) is 5.82 Å². The second-order valence-corrected chi connectivity index (χ2v) is 3.24. The summed E-state index contributed by atoms with van der Waals surface area (Å²) in [5, 5.41) is 2.61. The highest BCUT2D eigenvalue weighted by atomic mass is 16.1. The first-order valence-corrected chi connectivity index (χ1v) is 4.35. The maximum Gasteiger partial charge on any atom is 0.228 e. The number of rotatable bonds is 3. The molecule has 4 heteroatoms. The van der Waals surface area contributed by atoms with Crippen LogP contribution in [0.2, 0.25) is 0 Å². The Balaban J connectivity index is 2.76. The summed E-state index contributed by atoms with van der Waals surface area (Å²) in [5.74, 6) is 0.200. The van der Waals surface area contributed by atoms with Crippen LogP contribution >= 0.6 is 0 Å². The van der Waals surface area contributed by atoms with E-state index >= 15 is 0 Å². The molecule has 1 aromatic rings. The van der Waals surface area contributed by atoms with Crippen LogP contribution < -0.4 is 5.32 Å². The molecule has 1 heterocycles. The van der Waals surface area contributed by atoms with E-state index in [4.69, 9.17) is 0 Å². The van der Waals surface area contributed by atoms with Crippen LogP contribution in [0, 0.1) is 5.92 Å². The van der Waals surface area contributed by atoms with E-state index in [0.29, 0.717) is 17.7 Å². The molecular formula is C10H12N2O2. The second kappa shape index (κ2) is 4.50. The van der Waals surface area contributed by atoms with Crippen LogP contribution in [-0.4, -0.2) is 17.2 Å². The van der Waals surface area contributed by atoms with Crippen molar-refractivity contribution in [1.82, 2.24) is 4.98 Å². The van der Waals surface area contributed by atoms with Gasteiger partial charge in [-0.1, -0.05) is 13.8 Å². The van der Waals surface area contributed by atoms with E-state index in [0.717, 1.165) is 0 Å². The minimum Gasteiger partial charge on any atom is -0.310 e. The molecule has 74 valence electrons. The molecule has 0 aromatic carbocycles. The standard InChI is InChI=1S/C10H12N2O2/c1-7(2)10(14)12-9-5-8(6-13)3-4-11-9/h3-7H,1-2H3,(H,11,12,14). The number of aldehydes is 1. The highest BCUT2D eigenvalue weighted by Crippen LogP contribution is 2.06. The minimum atomic E-state index is -0.111. The molecule has 1 aromatic heterocycles. The fraction of sp³-hybridized carbons (Fsp3) is 0.300. The predicted molar refractivity (Wildman–Crippen MR) is 53.1 cm³/mol. The maximum atomic E-state index is 11.3. The van der Waals surface area contributed by atoms with E-state index in [9.17, 15) is 9.59 Å². The number of pyridine rings is 1. The fourth-order valence-electron chi connectivity index (χ4n) is 0.859. The lowest BCUT2D eigenvalue weighted by Crippen LogP contribution is -2.18. The Labute approximate surface area is 82.3 Å². The van der Waals surface area contributed by atoms with Gasteiger partial charge >= 0.3 is 0 Å². The third-order valence-corrected chi connectivity index (χ3v) is 1.70. The molecule has 1 amide bonds. The molecule has 1 rings (SSSR count). The number of amides is 1. The van der Waals surface area contributed by atoms with Gasteiger partial charge in [0.25, 0.3) is 0 Å². The molecule has 0 fully saturated rings. The van der Waals surface area contributed by atoms with Crippen molar-refractivity contribution < 1.29 is 9.59 Å². The molecule has 0 atom stereocenters. The van der Waals surface area contributed by atoms with Crippen LogP contribution in [0.3, 0.4) is 0 Å². The fourth-order valence-corrected chi connectivity index (χ4v) is 0.859. The topological polar surface area (TPSA) is 59.1 Å². The number of carbonyl (C=O) groups excluding carboxylic acids is 2. The zero-order valence-corrected chi connectivity index (χ0v) is 8.15. The number of carbonyl (C=O) groups is 2. The first-order chi connectivity index (χ1) is 6.63. The normalized spacial score (nSPS) is 9.93. The molecule has 0 saturated heterocycles. The summed E-state index contributed by atoms with van der Waals surface area (Å²) in [5.41, 5.74) is 0.499.